The second-order valence-corrected chi connectivity index (χ2v) is 10.9. The number of nitrogens with zero attached hydrogens (tertiary/aromatic N) is 1. The third-order valence-electron chi connectivity index (χ3n) is 6.17. The van der Waals surface area contributed by atoms with Crippen LogP contribution in [0.4, 0.5) is 25.4 Å². The summed E-state index contributed by atoms with van der Waals surface area (Å²) in [7, 11) is 0. The Morgan fingerprint density at radius 1 is 1.09 bits per heavy atom. The topological polar surface area (TPSA) is 97.1 Å². The first-order valence-corrected chi connectivity index (χ1v) is 12.3. The van der Waals surface area contributed by atoms with E-state index in [9.17, 15) is 18.4 Å². The smallest absolute Gasteiger partial charge is 0.251 e. The van der Waals surface area contributed by atoms with Crippen LogP contribution in [-0.2, 0) is 0 Å². The average Bonchev–Trinajstić information content (AvgIpc) is 3.12. The molecule has 4 rings (SSSR count). The maximum atomic E-state index is 14.0. The van der Waals surface area contributed by atoms with Gasteiger partial charge in [-0.15, -0.1) is 0 Å². The third-order valence-corrected chi connectivity index (χ3v) is 7.16. The van der Waals surface area contributed by atoms with Gasteiger partial charge in [0.2, 0.25) is 5.78 Å². The largest absolute Gasteiger partial charge is 0.382 e. The number of rotatable bonds is 6. The van der Waals surface area contributed by atoms with Crippen molar-refractivity contribution >= 4 is 39.7 Å². The van der Waals surface area contributed by atoms with E-state index in [2.05, 4.69) is 36.4 Å². The minimum atomic E-state index is -0.961. The van der Waals surface area contributed by atoms with E-state index < -0.39 is 23.0 Å². The third kappa shape index (κ3) is 5.67. The van der Waals surface area contributed by atoms with Gasteiger partial charge in [-0.25, -0.2) is 13.8 Å². The van der Waals surface area contributed by atoms with Crippen LogP contribution >= 0.6 is 11.3 Å². The van der Waals surface area contributed by atoms with Crippen molar-refractivity contribution in [3.8, 4) is 0 Å². The fourth-order valence-corrected chi connectivity index (χ4v) is 5.78. The zero-order valence-corrected chi connectivity index (χ0v) is 20.6. The number of halogens is 2. The molecule has 1 heterocycles. The maximum Gasteiger partial charge on any atom is 0.251 e. The molecule has 1 amide bonds. The van der Waals surface area contributed by atoms with Gasteiger partial charge in [0, 0.05) is 17.3 Å². The number of nitrogens with two attached hydrogens (primary N) is 1. The van der Waals surface area contributed by atoms with Gasteiger partial charge in [0.15, 0.2) is 5.13 Å². The highest BCUT2D eigenvalue weighted by atomic mass is 32.1. The number of benzene rings is 2. The molecule has 1 aromatic heterocycles. The number of anilines is 3. The Morgan fingerprint density at radius 2 is 1.74 bits per heavy atom. The molecule has 184 valence electrons. The minimum Gasteiger partial charge on any atom is -0.382 e. The van der Waals surface area contributed by atoms with Gasteiger partial charge in [-0.05, 0) is 67.0 Å². The average molecular weight is 499 g/mol. The van der Waals surface area contributed by atoms with E-state index in [-0.39, 0.29) is 28.1 Å². The molecule has 0 spiro atoms. The predicted octanol–water partition coefficient (Wildman–Crippen LogP) is 5.92. The van der Waals surface area contributed by atoms with Crippen molar-refractivity contribution in [2.45, 2.75) is 46.1 Å². The second-order valence-electron chi connectivity index (χ2n) is 9.95. The summed E-state index contributed by atoms with van der Waals surface area (Å²) in [5, 5.41) is 6.46. The maximum absolute atomic E-state index is 14.0. The van der Waals surface area contributed by atoms with Gasteiger partial charge in [-0.1, -0.05) is 38.2 Å². The number of nitrogen functional groups attached to an aromatic ring is 1. The molecule has 1 aliphatic carbocycles. The van der Waals surface area contributed by atoms with E-state index in [1.54, 1.807) is 24.3 Å². The molecule has 2 aromatic carbocycles. The molecule has 0 bridgehead atoms. The first kappa shape index (κ1) is 24.8. The molecule has 9 heteroatoms. The Labute approximate surface area is 207 Å². The minimum absolute atomic E-state index is 0.0582. The van der Waals surface area contributed by atoms with E-state index >= 15 is 0 Å². The van der Waals surface area contributed by atoms with E-state index in [1.165, 1.54) is 6.07 Å². The van der Waals surface area contributed by atoms with Crippen LogP contribution in [0.2, 0.25) is 0 Å². The van der Waals surface area contributed by atoms with Gasteiger partial charge in [0.25, 0.3) is 5.91 Å². The Morgan fingerprint density at radius 3 is 2.37 bits per heavy atom. The molecular formula is C26H28F2N4O2S. The highest BCUT2D eigenvalue weighted by molar-refractivity contribution is 7.18. The number of hydrogen-bond acceptors (Lipinski definition) is 6. The summed E-state index contributed by atoms with van der Waals surface area (Å²) in [5.74, 6) is -2.46. The molecule has 1 fully saturated rings. The molecular weight excluding hydrogens is 470 g/mol. The number of carbonyl (C=O) groups excluding carboxylic acids is 2. The summed E-state index contributed by atoms with van der Waals surface area (Å²) in [6, 6.07) is 10.2. The number of amides is 1. The quantitative estimate of drug-likeness (QED) is 0.367. The highest BCUT2D eigenvalue weighted by Crippen LogP contribution is 2.38. The van der Waals surface area contributed by atoms with E-state index in [0.717, 1.165) is 42.7 Å². The van der Waals surface area contributed by atoms with Crippen molar-refractivity contribution in [1.82, 2.24) is 10.3 Å². The molecule has 0 radical (unpaired) electrons. The fraction of sp³-hybridized carbons (Fsp3) is 0.346. The molecule has 4 N–H and O–H groups in total. The summed E-state index contributed by atoms with van der Waals surface area (Å²) in [6.07, 6.45) is 3.08. The molecule has 35 heavy (non-hydrogen) atoms. The SMILES string of the molecule is CC1CC(NC(=O)c2ccc(Nc3nc(N)c(C(=O)c4c(F)cccc4F)s3)cc2)CC(C)(C)C1. The Bertz CT molecular complexity index is 1240. The first-order chi connectivity index (χ1) is 16.5. The van der Waals surface area contributed by atoms with Crippen LogP contribution in [0.3, 0.4) is 0 Å². The van der Waals surface area contributed by atoms with Crippen molar-refractivity contribution < 1.29 is 18.4 Å². The van der Waals surface area contributed by atoms with Gasteiger partial charge >= 0.3 is 0 Å². The van der Waals surface area contributed by atoms with Crippen molar-refractivity contribution in [2.24, 2.45) is 11.3 Å². The lowest BCUT2D eigenvalue weighted by molar-refractivity contribution is 0.0873. The van der Waals surface area contributed by atoms with Crippen LogP contribution in [0.25, 0.3) is 0 Å². The predicted molar refractivity (Wildman–Crippen MR) is 134 cm³/mol. The highest BCUT2D eigenvalue weighted by Gasteiger charge is 2.32. The summed E-state index contributed by atoms with van der Waals surface area (Å²) in [6.45, 7) is 6.69. The van der Waals surface area contributed by atoms with Crippen molar-refractivity contribution in [3.63, 3.8) is 0 Å². The van der Waals surface area contributed by atoms with Gasteiger partial charge in [-0.3, -0.25) is 9.59 Å². The zero-order chi connectivity index (χ0) is 25.3. The van der Waals surface area contributed by atoms with Crippen LogP contribution in [0, 0.1) is 23.0 Å². The number of thiazole rings is 1. The second kappa shape index (κ2) is 9.73. The van der Waals surface area contributed by atoms with Gasteiger partial charge in [-0.2, -0.15) is 0 Å². The van der Waals surface area contributed by atoms with Gasteiger partial charge in [0.1, 0.15) is 22.3 Å². The van der Waals surface area contributed by atoms with E-state index in [4.69, 9.17) is 5.73 Å². The van der Waals surface area contributed by atoms with Crippen LogP contribution in [0.5, 0.6) is 0 Å². The monoisotopic (exact) mass is 498 g/mol. The lowest BCUT2D eigenvalue weighted by Gasteiger charge is -2.39. The first-order valence-electron chi connectivity index (χ1n) is 11.5. The van der Waals surface area contributed by atoms with Crippen molar-refractivity contribution in [3.05, 3.63) is 70.1 Å². The molecule has 2 atom stereocenters. The molecule has 0 aliphatic heterocycles. The molecule has 1 saturated carbocycles. The zero-order valence-electron chi connectivity index (χ0n) is 19.8. The lowest BCUT2D eigenvalue weighted by atomic mass is 9.70. The summed E-state index contributed by atoms with van der Waals surface area (Å²) in [5.41, 5.74) is 6.56. The Kier molecular flexibility index (Phi) is 6.89. The lowest BCUT2D eigenvalue weighted by Crippen LogP contribution is -2.42. The number of hydrogen-bond donors (Lipinski definition) is 3. The Balaban J connectivity index is 1.43. The molecule has 1 aliphatic rings. The normalized spacial score (nSPS) is 19.2. The van der Waals surface area contributed by atoms with Crippen molar-refractivity contribution in [1.29, 1.82) is 0 Å². The number of ketones is 1. The van der Waals surface area contributed by atoms with Crippen LogP contribution in [0.15, 0.2) is 42.5 Å². The standard InChI is InChI=1S/C26H28F2N4O2S/c1-14-11-17(13-26(2,3)12-14)30-24(34)15-7-9-16(10-8-15)31-25-32-23(29)22(35-25)21(33)20-18(27)5-4-6-19(20)28/h4-10,14,17H,11-13,29H2,1-3H3,(H,30,34)(H,31,32). The van der Waals surface area contributed by atoms with Gasteiger partial charge in [0.05, 0.1) is 5.56 Å². The van der Waals surface area contributed by atoms with Crippen molar-refractivity contribution in [2.75, 3.05) is 11.1 Å². The Hall–Kier alpha value is -3.33. The number of aromatic nitrogens is 1. The van der Waals surface area contributed by atoms with E-state index in [0.29, 0.717) is 22.3 Å². The fourth-order valence-electron chi connectivity index (χ4n) is 4.93. The molecule has 6 nitrogen and oxygen atoms in total. The molecule has 0 saturated heterocycles. The molecule has 3 aromatic rings. The number of nitrogens with one attached hydrogen (secondary N) is 2. The van der Waals surface area contributed by atoms with Gasteiger partial charge < -0.3 is 16.4 Å². The van der Waals surface area contributed by atoms with E-state index in [1.807, 2.05) is 0 Å². The summed E-state index contributed by atoms with van der Waals surface area (Å²) >= 11 is 0.899. The summed E-state index contributed by atoms with van der Waals surface area (Å²) < 4.78 is 28.0. The number of carbonyl (C=O) groups is 2. The summed E-state index contributed by atoms with van der Waals surface area (Å²) in [4.78, 5) is 29.5. The van der Waals surface area contributed by atoms with Crippen LogP contribution in [0.1, 0.15) is 65.6 Å². The molecule has 2 unspecified atom stereocenters. The van der Waals surface area contributed by atoms with Crippen LogP contribution in [-0.4, -0.2) is 22.7 Å². The van der Waals surface area contributed by atoms with Crippen LogP contribution < -0.4 is 16.4 Å².